The van der Waals surface area contributed by atoms with Crippen molar-refractivity contribution in [1.82, 2.24) is 25.5 Å². The van der Waals surface area contributed by atoms with Gasteiger partial charge in [-0.3, -0.25) is 14.6 Å². The van der Waals surface area contributed by atoms with Crippen molar-refractivity contribution < 1.29 is 28.5 Å². The molecule has 1 saturated heterocycles. The molecule has 0 aliphatic carbocycles. The number of nitrogens with zero attached hydrogens (tertiary/aromatic N) is 4. The third kappa shape index (κ3) is 6.28. The van der Waals surface area contributed by atoms with Gasteiger partial charge < -0.3 is 20.7 Å². The fourth-order valence-corrected chi connectivity index (χ4v) is 5.64. The number of hydrogen-bond acceptors (Lipinski definition) is 8. The predicted octanol–water partition coefficient (Wildman–Crippen LogP) is 3.35. The van der Waals surface area contributed by atoms with Crippen LogP contribution in [-0.4, -0.2) is 83.2 Å². The second-order valence-corrected chi connectivity index (χ2v) is 11.1. The largest absolute Gasteiger partial charge is 0.499 e. The molecule has 3 aromatic rings. The van der Waals surface area contributed by atoms with Crippen LogP contribution in [0.2, 0.25) is 10.0 Å². The lowest BCUT2D eigenvalue weighted by Crippen LogP contribution is -2.51. The maximum absolute atomic E-state index is 13.0. The zero-order chi connectivity index (χ0) is 31.5. The Morgan fingerprint density at radius 2 is 1.93 bits per heavy atom. The molecule has 2 aliphatic rings. The standard InChI is InChI=1S/C30H29Cl2N7O5/c1-38-15-20(29(42)39(2)30(38)43)27(41)36-22-6-4-5-19(24(22)31)26-25(32)18(11-12-34-26)21-9-7-16(28(37-21)44-3)13-33-14-17-8-10-23(40)35-17/h4-7,9,11-12,15,17,20,33H,8,10,13-14H2,1-3H3,(H-,35,36,40,41)/p+1/t17-,20?/m0/s1. The smallest absolute Gasteiger partial charge is 0.481 e. The monoisotopic (exact) mass is 638 g/mol. The summed E-state index contributed by atoms with van der Waals surface area (Å²) in [5.74, 6) is -2.01. The van der Waals surface area contributed by atoms with Gasteiger partial charge in [-0.05, 0) is 24.6 Å². The number of urea groups is 1. The summed E-state index contributed by atoms with van der Waals surface area (Å²) in [4.78, 5) is 59.1. The highest BCUT2D eigenvalue weighted by Gasteiger charge is 2.43. The third-order valence-electron chi connectivity index (χ3n) is 7.44. The summed E-state index contributed by atoms with van der Waals surface area (Å²) >= 11 is 13.6. The van der Waals surface area contributed by atoms with Crippen molar-refractivity contribution in [1.29, 1.82) is 0 Å². The van der Waals surface area contributed by atoms with E-state index in [-0.39, 0.29) is 27.7 Å². The molecule has 1 fully saturated rings. The van der Waals surface area contributed by atoms with Crippen molar-refractivity contribution in [2.45, 2.75) is 25.4 Å². The lowest BCUT2D eigenvalue weighted by Gasteiger charge is -2.19. The molecule has 12 nitrogen and oxygen atoms in total. The summed E-state index contributed by atoms with van der Waals surface area (Å²) in [6.45, 7) is 1.14. The Bertz CT molecular complexity index is 1700. The number of carbonyl (C=O) groups is 4. The first kappa shape index (κ1) is 31.0. The van der Waals surface area contributed by atoms with E-state index in [1.165, 1.54) is 24.9 Å². The third-order valence-corrected chi connectivity index (χ3v) is 8.23. The molecule has 1 aromatic carbocycles. The molecule has 44 heavy (non-hydrogen) atoms. The number of amides is 5. The van der Waals surface area contributed by atoms with E-state index in [0.717, 1.165) is 16.9 Å². The van der Waals surface area contributed by atoms with Crippen LogP contribution in [0.1, 0.15) is 18.4 Å². The van der Waals surface area contributed by atoms with Crippen molar-refractivity contribution in [3.63, 3.8) is 0 Å². The van der Waals surface area contributed by atoms with Gasteiger partial charge in [0.2, 0.25) is 17.7 Å². The first-order valence-corrected chi connectivity index (χ1v) is 14.5. The van der Waals surface area contributed by atoms with Gasteiger partial charge in [-0.25, -0.2) is 14.4 Å². The van der Waals surface area contributed by atoms with E-state index in [1.54, 1.807) is 37.6 Å². The Kier molecular flexibility index (Phi) is 9.23. The minimum absolute atomic E-state index is 0.0705. The summed E-state index contributed by atoms with van der Waals surface area (Å²) in [5.41, 5.74) is 3.04. The number of nitrogens with one attached hydrogen (secondary N) is 3. The molecule has 5 amide bonds. The van der Waals surface area contributed by atoms with E-state index in [2.05, 4.69) is 25.9 Å². The van der Waals surface area contributed by atoms with Crippen molar-refractivity contribution in [3.8, 4) is 28.4 Å². The van der Waals surface area contributed by atoms with Gasteiger partial charge in [-0.2, -0.15) is 9.69 Å². The summed E-state index contributed by atoms with van der Waals surface area (Å²) in [6.07, 6.45) is 4.19. The van der Waals surface area contributed by atoms with E-state index in [0.29, 0.717) is 47.9 Å². The molecule has 2 atom stereocenters. The Labute approximate surface area is 263 Å². The maximum Gasteiger partial charge on any atom is 0.499 e. The maximum atomic E-state index is 13.0. The van der Waals surface area contributed by atoms with Gasteiger partial charge in [0.15, 0.2) is 5.92 Å². The number of methoxy groups -OCH3 is 1. The Hall–Kier alpha value is -4.39. The second kappa shape index (κ2) is 13.1. The fourth-order valence-electron chi connectivity index (χ4n) is 5.06. The number of imide groups is 1. The van der Waals surface area contributed by atoms with Crippen LogP contribution in [0.15, 0.2) is 42.6 Å². The minimum atomic E-state index is -1.21. The molecule has 3 N–H and O–H groups in total. The summed E-state index contributed by atoms with van der Waals surface area (Å²) in [7, 11) is 4.32. The molecule has 0 bridgehead atoms. The number of rotatable bonds is 9. The number of ether oxygens (including phenoxy) is 1. The molecule has 0 radical (unpaired) electrons. The molecule has 5 rings (SSSR count). The van der Waals surface area contributed by atoms with Crippen LogP contribution in [-0.2, 0) is 20.9 Å². The van der Waals surface area contributed by atoms with Crippen LogP contribution in [0.5, 0.6) is 5.88 Å². The van der Waals surface area contributed by atoms with Crippen molar-refractivity contribution in [2.24, 2.45) is 5.92 Å². The number of carbonyl (C=O) groups excluding carboxylic acids is 4. The van der Waals surface area contributed by atoms with Crippen LogP contribution < -0.4 is 20.7 Å². The first-order chi connectivity index (χ1) is 21.1. The van der Waals surface area contributed by atoms with E-state index in [1.807, 2.05) is 12.1 Å². The van der Waals surface area contributed by atoms with Gasteiger partial charge in [-0.1, -0.05) is 41.4 Å². The fraction of sp³-hybridized carbons (Fsp3) is 0.300. The van der Waals surface area contributed by atoms with E-state index >= 15 is 0 Å². The lowest BCUT2D eigenvalue weighted by molar-refractivity contribution is -0.400. The summed E-state index contributed by atoms with van der Waals surface area (Å²) in [5, 5.41) is 9.41. The molecule has 2 aliphatic heterocycles. The second-order valence-electron chi connectivity index (χ2n) is 10.4. The Morgan fingerprint density at radius 3 is 2.66 bits per heavy atom. The Morgan fingerprint density at radius 1 is 1.14 bits per heavy atom. The number of halogens is 2. The average molecular weight is 640 g/mol. The van der Waals surface area contributed by atoms with Gasteiger partial charge in [0.1, 0.15) is 0 Å². The minimum Gasteiger partial charge on any atom is -0.481 e. The average Bonchev–Trinajstić information content (AvgIpc) is 3.44. The number of hydrogen-bond donors (Lipinski definition) is 3. The van der Waals surface area contributed by atoms with Crippen LogP contribution in [0.4, 0.5) is 10.5 Å². The molecule has 14 heteroatoms. The molecule has 228 valence electrons. The molecule has 0 spiro atoms. The Balaban J connectivity index is 1.37. The summed E-state index contributed by atoms with van der Waals surface area (Å²) < 4.78 is 6.74. The van der Waals surface area contributed by atoms with Crippen LogP contribution in [0, 0.1) is 5.92 Å². The highest BCUT2D eigenvalue weighted by Crippen LogP contribution is 2.40. The topological polar surface area (TPSA) is 146 Å². The predicted molar refractivity (Wildman–Crippen MR) is 165 cm³/mol. The highest BCUT2D eigenvalue weighted by molar-refractivity contribution is 6.39. The quantitative estimate of drug-likeness (QED) is 0.239. The molecule has 1 unspecified atom stereocenters. The van der Waals surface area contributed by atoms with Crippen LogP contribution in [0.25, 0.3) is 22.5 Å². The van der Waals surface area contributed by atoms with E-state index in [9.17, 15) is 19.2 Å². The van der Waals surface area contributed by atoms with Crippen LogP contribution >= 0.6 is 23.2 Å². The normalized spacial score (nSPS) is 18.2. The van der Waals surface area contributed by atoms with Crippen molar-refractivity contribution in [3.05, 3.63) is 58.2 Å². The molecule has 0 saturated carbocycles. The summed E-state index contributed by atoms with van der Waals surface area (Å²) in [6, 6.07) is 10.0. The van der Waals surface area contributed by atoms with Gasteiger partial charge >= 0.3 is 11.9 Å². The van der Waals surface area contributed by atoms with Crippen molar-refractivity contribution >= 4 is 58.9 Å². The van der Waals surface area contributed by atoms with Gasteiger partial charge in [-0.15, -0.1) is 0 Å². The zero-order valence-electron chi connectivity index (χ0n) is 24.2. The van der Waals surface area contributed by atoms with E-state index < -0.39 is 23.8 Å². The number of pyridine rings is 2. The lowest BCUT2D eigenvalue weighted by atomic mass is 10.0. The zero-order valence-corrected chi connectivity index (χ0v) is 25.7. The van der Waals surface area contributed by atoms with Crippen molar-refractivity contribution in [2.75, 3.05) is 33.1 Å². The SMILES string of the molecule is COc1nc(-c2ccnc(-c3cccc(NC(=O)C4C=[N+](C)C(=O)N(C)C4=O)c3Cl)c2Cl)ccc1CNC[C@@H]1CCC(=O)N1. The highest BCUT2D eigenvalue weighted by atomic mass is 35.5. The number of anilines is 1. The molecule has 2 aromatic heterocycles. The first-order valence-electron chi connectivity index (χ1n) is 13.8. The molecule has 4 heterocycles. The van der Waals surface area contributed by atoms with Gasteiger partial charge in [0.25, 0.3) is 0 Å². The van der Waals surface area contributed by atoms with Gasteiger partial charge in [0, 0.05) is 48.4 Å². The van der Waals surface area contributed by atoms with E-state index in [4.69, 9.17) is 27.9 Å². The van der Waals surface area contributed by atoms with Crippen LogP contribution in [0.3, 0.4) is 0 Å². The van der Waals surface area contributed by atoms with Gasteiger partial charge in [0.05, 0.1) is 54.5 Å². The molecular formula is C30H30Cl2N7O5+. The number of aromatic nitrogens is 2. The molecular weight excluding hydrogens is 609 g/mol. The number of benzene rings is 1.